The Morgan fingerprint density at radius 2 is 1.78 bits per heavy atom. The Hall–Kier alpha value is -3.02. The fourth-order valence-electron chi connectivity index (χ4n) is 2.70. The maximum atomic E-state index is 12.7. The molecule has 0 unspecified atom stereocenters. The molecular formula is C17H14NO5-. The van der Waals surface area contributed by atoms with E-state index in [0.29, 0.717) is 29.3 Å². The fourth-order valence-corrected chi connectivity index (χ4v) is 2.70. The first-order chi connectivity index (χ1) is 11.1. The van der Waals surface area contributed by atoms with Gasteiger partial charge in [0.05, 0.1) is 32.3 Å². The molecule has 2 aromatic rings. The summed E-state index contributed by atoms with van der Waals surface area (Å²) >= 11 is 0. The van der Waals surface area contributed by atoms with Crippen LogP contribution in [-0.4, -0.2) is 26.1 Å². The quantitative estimate of drug-likeness (QED) is 0.848. The van der Waals surface area contributed by atoms with Gasteiger partial charge in [-0.2, -0.15) is 0 Å². The number of fused-ring (bicyclic) bond motifs is 1. The van der Waals surface area contributed by atoms with Gasteiger partial charge in [0.15, 0.2) is 11.5 Å². The van der Waals surface area contributed by atoms with E-state index in [1.54, 1.807) is 23.1 Å². The summed E-state index contributed by atoms with van der Waals surface area (Å²) in [5, 5.41) is 10.8. The predicted octanol–water partition coefficient (Wildman–Crippen LogP) is 1.23. The molecular weight excluding hydrogens is 298 g/mol. The number of carboxylic acid groups (broad SMARTS) is 1. The highest BCUT2D eigenvalue weighted by molar-refractivity contribution is 6.12. The van der Waals surface area contributed by atoms with Crippen molar-refractivity contribution in [3.8, 4) is 11.5 Å². The molecule has 0 radical (unpaired) electrons. The Balaban J connectivity index is 1.99. The van der Waals surface area contributed by atoms with Gasteiger partial charge in [0.25, 0.3) is 5.91 Å². The first-order valence-corrected chi connectivity index (χ1v) is 6.94. The second kappa shape index (κ2) is 5.64. The predicted molar refractivity (Wildman–Crippen MR) is 80.8 cm³/mol. The summed E-state index contributed by atoms with van der Waals surface area (Å²) in [6, 6.07) is 9.58. The van der Waals surface area contributed by atoms with Crippen molar-refractivity contribution in [2.24, 2.45) is 0 Å². The van der Waals surface area contributed by atoms with Crippen molar-refractivity contribution in [2.75, 3.05) is 19.1 Å². The van der Waals surface area contributed by atoms with Gasteiger partial charge in [0.1, 0.15) is 0 Å². The molecule has 1 amide bonds. The zero-order chi connectivity index (χ0) is 16.6. The van der Waals surface area contributed by atoms with Gasteiger partial charge in [-0.1, -0.05) is 18.2 Å². The third kappa shape index (κ3) is 2.38. The van der Waals surface area contributed by atoms with E-state index >= 15 is 0 Å². The van der Waals surface area contributed by atoms with Gasteiger partial charge in [-0.05, 0) is 29.3 Å². The van der Waals surface area contributed by atoms with Crippen molar-refractivity contribution < 1.29 is 24.2 Å². The third-order valence-corrected chi connectivity index (χ3v) is 3.83. The molecule has 0 spiro atoms. The number of carbonyl (C=O) groups is 2. The largest absolute Gasteiger partial charge is 0.545 e. The molecule has 6 nitrogen and oxygen atoms in total. The van der Waals surface area contributed by atoms with Gasteiger partial charge >= 0.3 is 0 Å². The minimum absolute atomic E-state index is 0.0668. The monoisotopic (exact) mass is 312 g/mol. The summed E-state index contributed by atoms with van der Waals surface area (Å²) < 4.78 is 10.6. The Morgan fingerprint density at radius 3 is 2.35 bits per heavy atom. The van der Waals surface area contributed by atoms with Crippen LogP contribution in [0.5, 0.6) is 11.5 Å². The van der Waals surface area contributed by atoms with Gasteiger partial charge in [-0.15, -0.1) is 0 Å². The smallest absolute Gasteiger partial charge is 0.262 e. The summed E-state index contributed by atoms with van der Waals surface area (Å²) in [5.41, 5.74) is 1.97. The molecule has 0 saturated heterocycles. The van der Waals surface area contributed by atoms with E-state index < -0.39 is 5.97 Å². The van der Waals surface area contributed by atoms with Gasteiger partial charge in [0, 0.05) is 5.69 Å². The fraction of sp³-hybridized carbons (Fsp3) is 0.176. The van der Waals surface area contributed by atoms with Crippen molar-refractivity contribution in [2.45, 2.75) is 6.54 Å². The van der Waals surface area contributed by atoms with Crippen molar-refractivity contribution in [1.29, 1.82) is 0 Å². The average molecular weight is 312 g/mol. The molecule has 0 N–H and O–H groups in total. The summed E-state index contributed by atoms with van der Waals surface area (Å²) in [5.74, 6) is -0.562. The SMILES string of the molecule is COc1ccc2c(c1OC)C(=O)N(c1ccc(C(=O)[O-])cc1)C2. The summed E-state index contributed by atoms with van der Waals surface area (Å²) in [7, 11) is 3.00. The summed E-state index contributed by atoms with van der Waals surface area (Å²) in [6.07, 6.45) is 0. The number of carboxylic acids is 1. The van der Waals surface area contributed by atoms with Crippen LogP contribution in [-0.2, 0) is 6.54 Å². The highest BCUT2D eigenvalue weighted by atomic mass is 16.5. The van der Waals surface area contributed by atoms with Crippen LogP contribution < -0.4 is 19.5 Å². The number of ether oxygens (including phenoxy) is 2. The first kappa shape index (κ1) is 14.9. The Morgan fingerprint density at radius 1 is 1.09 bits per heavy atom. The van der Waals surface area contributed by atoms with Crippen LogP contribution >= 0.6 is 0 Å². The Bertz CT molecular complexity index is 782. The lowest BCUT2D eigenvalue weighted by atomic mass is 10.1. The summed E-state index contributed by atoms with van der Waals surface area (Å²) in [4.78, 5) is 25.1. The number of amides is 1. The van der Waals surface area contributed by atoms with Crippen molar-refractivity contribution in [3.63, 3.8) is 0 Å². The molecule has 23 heavy (non-hydrogen) atoms. The van der Waals surface area contributed by atoms with E-state index in [1.807, 2.05) is 6.07 Å². The van der Waals surface area contributed by atoms with E-state index in [1.165, 1.54) is 26.4 Å². The molecule has 1 aliphatic rings. The average Bonchev–Trinajstić information content (AvgIpc) is 2.91. The standard InChI is InChI=1S/C17H15NO5/c1-22-13-8-5-11-9-18(16(19)14(11)15(13)23-2)12-6-3-10(4-7-12)17(20)21/h3-8H,9H2,1-2H3,(H,20,21)/p-1. The number of carbonyl (C=O) groups excluding carboxylic acids is 2. The highest BCUT2D eigenvalue weighted by Gasteiger charge is 2.33. The molecule has 1 heterocycles. The number of nitrogens with zero attached hydrogens (tertiary/aromatic N) is 1. The van der Waals surface area contributed by atoms with Gasteiger partial charge < -0.3 is 24.3 Å². The minimum Gasteiger partial charge on any atom is -0.545 e. The maximum absolute atomic E-state index is 12.7. The van der Waals surface area contributed by atoms with E-state index in [2.05, 4.69) is 0 Å². The minimum atomic E-state index is -1.25. The number of aromatic carboxylic acids is 1. The second-order valence-corrected chi connectivity index (χ2v) is 5.06. The van der Waals surface area contributed by atoms with E-state index in [4.69, 9.17) is 9.47 Å². The van der Waals surface area contributed by atoms with Crippen LogP contribution in [0.2, 0.25) is 0 Å². The van der Waals surface area contributed by atoms with Crippen LogP contribution in [0.4, 0.5) is 5.69 Å². The van der Waals surface area contributed by atoms with Gasteiger partial charge in [-0.25, -0.2) is 0 Å². The van der Waals surface area contributed by atoms with Gasteiger partial charge in [0.2, 0.25) is 0 Å². The molecule has 0 bridgehead atoms. The maximum Gasteiger partial charge on any atom is 0.262 e. The molecule has 3 rings (SSSR count). The molecule has 0 saturated carbocycles. The summed E-state index contributed by atoms with van der Waals surface area (Å²) in [6.45, 7) is 0.388. The van der Waals surface area contributed by atoms with Gasteiger partial charge in [-0.3, -0.25) is 4.79 Å². The molecule has 2 aromatic carbocycles. The normalized spacial score (nSPS) is 13.0. The molecule has 1 aliphatic heterocycles. The van der Waals surface area contributed by atoms with Crippen LogP contribution in [0.3, 0.4) is 0 Å². The lowest BCUT2D eigenvalue weighted by Crippen LogP contribution is -2.24. The molecule has 118 valence electrons. The molecule has 0 atom stereocenters. The number of anilines is 1. The molecule has 6 heteroatoms. The topological polar surface area (TPSA) is 78.9 Å². The van der Waals surface area contributed by atoms with Crippen LogP contribution in [0.15, 0.2) is 36.4 Å². The Kier molecular flexibility index (Phi) is 3.65. The van der Waals surface area contributed by atoms with Crippen LogP contribution in [0, 0.1) is 0 Å². The molecule has 0 aliphatic carbocycles. The highest BCUT2D eigenvalue weighted by Crippen LogP contribution is 2.39. The number of benzene rings is 2. The third-order valence-electron chi connectivity index (χ3n) is 3.83. The van der Waals surface area contributed by atoms with E-state index in [0.717, 1.165) is 5.56 Å². The number of methoxy groups -OCH3 is 2. The van der Waals surface area contributed by atoms with Crippen molar-refractivity contribution in [1.82, 2.24) is 0 Å². The van der Waals surface area contributed by atoms with E-state index in [-0.39, 0.29) is 11.5 Å². The number of rotatable bonds is 4. The molecule has 0 fully saturated rings. The van der Waals surface area contributed by atoms with E-state index in [9.17, 15) is 14.7 Å². The zero-order valence-corrected chi connectivity index (χ0v) is 12.7. The Labute approximate surface area is 132 Å². The number of hydrogen-bond donors (Lipinski definition) is 0. The first-order valence-electron chi connectivity index (χ1n) is 6.94. The lowest BCUT2D eigenvalue weighted by molar-refractivity contribution is -0.255. The zero-order valence-electron chi connectivity index (χ0n) is 12.7. The van der Waals surface area contributed by atoms with Crippen LogP contribution in [0.1, 0.15) is 26.3 Å². The second-order valence-electron chi connectivity index (χ2n) is 5.06. The van der Waals surface area contributed by atoms with Crippen LogP contribution in [0.25, 0.3) is 0 Å². The lowest BCUT2D eigenvalue weighted by Gasteiger charge is -2.16. The van der Waals surface area contributed by atoms with Crippen molar-refractivity contribution in [3.05, 3.63) is 53.1 Å². The number of hydrogen-bond acceptors (Lipinski definition) is 5. The molecule has 0 aromatic heterocycles. The van der Waals surface area contributed by atoms with Crippen molar-refractivity contribution >= 4 is 17.6 Å².